The van der Waals surface area contributed by atoms with Crippen LogP contribution in [0, 0.1) is 0 Å². The lowest BCUT2D eigenvalue weighted by molar-refractivity contribution is 0.368. The van der Waals surface area contributed by atoms with Gasteiger partial charge in [-0.15, -0.1) is 0 Å². The quantitative estimate of drug-likeness (QED) is 0.274. The Labute approximate surface area is 59.2 Å². The second-order valence-electron chi connectivity index (χ2n) is 1.70. The maximum absolute atomic E-state index is 10.1. The minimum atomic E-state index is -3.88. The van der Waals surface area contributed by atoms with E-state index in [0.717, 1.165) is 0 Å². The molecular weight excluding hydrogens is 161 g/mol. The molecule has 4 nitrogen and oxygen atoms in total. The molecule has 0 radical (unpaired) electrons. The molecule has 1 unspecified atom stereocenters. The first-order valence-corrected chi connectivity index (χ1v) is 4.69. The maximum Gasteiger partial charge on any atom is 0.339 e. The molecule has 1 atom stereocenters. The molecular formula is C3H10NO3PS. The number of nitrogens with one attached hydrogen (secondary N) is 1. The first-order chi connectivity index (χ1) is 3.92. The van der Waals surface area contributed by atoms with E-state index < -0.39 is 7.60 Å². The average Bonchev–Trinajstić information content (AvgIpc) is 1.59. The van der Waals surface area contributed by atoms with Gasteiger partial charge in [-0.2, -0.15) is 12.6 Å². The second-order valence-corrected chi connectivity index (χ2v) is 4.12. The lowest BCUT2D eigenvalue weighted by Crippen LogP contribution is -2.21. The van der Waals surface area contributed by atoms with Crippen molar-refractivity contribution in [1.29, 1.82) is 0 Å². The van der Waals surface area contributed by atoms with Crippen molar-refractivity contribution in [3.63, 3.8) is 0 Å². The molecule has 0 bridgehead atoms. The minimum absolute atomic E-state index is 0.183. The molecule has 0 aromatic carbocycles. The summed E-state index contributed by atoms with van der Waals surface area (Å²) in [6, 6.07) is 0. The first kappa shape index (κ1) is 9.46. The predicted octanol–water partition coefficient (Wildman–Crippen LogP) is -0.0130. The fraction of sp³-hybridized carbons (Fsp3) is 1.00. The molecule has 56 valence electrons. The van der Waals surface area contributed by atoms with Crippen LogP contribution in [0.2, 0.25) is 0 Å². The van der Waals surface area contributed by atoms with Crippen LogP contribution in [-0.4, -0.2) is 21.4 Å². The highest BCUT2D eigenvalue weighted by atomic mass is 32.1. The van der Waals surface area contributed by atoms with Crippen molar-refractivity contribution >= 4 is 20.2 Å². The Balaban J connectivity index is 3.40. The van der Waals surface area contributed by atoms with Gasteiger partial charge in [0.15, 0.2) is 0 Å². The van der Waals surface area contributed by atoms with E-state index in [9.17, 15) is 4.57 Å². The summed E-state index contributed by atoms with van der Waals surface area (Å²) in [6.07, 6.45) is -0.308. The highest BCUT2D eigenvalue weighted by molar-refractivity contribution is 7.80. The minimum Gasteiger partial charge on any atom is -0.324 e. The molecule has 0 aromatic rings. The van der Waals surface area contributed by atoms with Crippen LogP contribution in [0.15, 0.2) is 0 Å². The Kier molecular flexibility index (Phi) is 3.77. The summed E-state index contributed by atoms with van der Waals surface area (Å²) >= 11 is 3.86. The van der Waals surface area contributed by atoms with E-state index in [1.807, 2.05) is 0 Å². The van der Waals surface area contributed by atoms with E-state index in [2.05, 4.69) is 17.9 Å². The number of hydrogen-bond donors (Lipinski definition) is 4. The summed E-state index contributed by atoms with van der Waals surface area (Å²) in [4.78, 5) is 16.6. The van der Waals surface area contributed by atoms with Gasteiger partial charge in [0.05, 0.1) is 6.29 Å². The van der Waals surface area contributed by atoms with Crippen molar-refractivity contribution in [2.24, 2.45) is 0 Å². The molecule has 0 heterocycles. The van der Waals surface area contributed by atoms with E-state index in [1.54, 1.807) is 6.92 Å². The average molecular weight is 171 g/mol. The Bertz CT molecular complexity index is 122. The van der Waals surface area contributed by atoms with Gasteiger partial charge in [-0.3, -0.25) is 9.88 Å². The van der Waals surface area contributed by atoms with Gasteiger partial charge in [0.25, 0.3) is 0 Å². The van der Waals surface area contributed by atoms with Crippen LogP contribution in [0.5, 0.6) is 0 Å². The molecule has 0 fully saturated rings. The van der Waals surface area contributed by atoms with Gasteiger partial charge in [-0.25, -0.2) is 0 Å². The van der Waals surface area contributed by atoms with Gasteiger partial charge < -0.3 is 9.79 Å². The standard InChI is InChI=1S/C3H10NO3PS/c1-3(9)4-2-8(5,6)7/h3-4,9H,2H2,1H3,(H2,5,6,7). The molecule has 0 aliphatic carbocycles. The van der Waals surface area contributed by atoms with Gasteiger partial charge >= 0.3 is 7.60 Å². The summed E-state index contributed by atoms with van der Waals surface area (Å²) in [5, 5.41) is 2.30. The van der Waals surface area contributed by atoms with Crippen molar-refractivity contribution < 1.29 is 14.4 Å². The molecule has 0 aliphatic heterocycles. The molecule has 6 heteroatoms. The van der Waals surface area contributed by atoms with E-state index in [4.69, 9.17) is 9.79 Å². The van der Waals surface area contributed by atoms with E-state index in [0.29, 0.717) is 0 Å². The highest BCUT2D eigenvalue weighted by Gasteiger charge is 2.11. The maximum atomic E-state index is 10.1. The second kappa shape index (κ2) is 3.58. The monoisotopic (exact) mass is 171 g/mol. The molecule has 0 aliphatic rings. The van der Waals surface area contributed by atoms with E-state index in [-0.39, 0.29) is 11.7 Å². The molecule has 3 N–H and O–H groups in total. The highest BCUT2D eigenvalue weighted by Crippen LogP contribution is 2.32. The summed E-state index contributed by atoms with van der Waals surface area (Å²) in [6.45, 7) is 1.69. The molecule has 0 saturated carbocycles. The SMILES string of the molecule is CC(S)NCP(=O)(O)O. The van der Waals surface area contributed by atoms with Crippen molar-refractivity contribution in [3.05, 3.63) is 0 Å². The Morgan fingerprint density at radius 1 is 1.78 bits per heavy atom. The van der Waals surface area contributed by atoms with Gasteiger partial charge in [0.2, 0.25) is 0 Å². The van der Waals surface area contributed by atoms with Crippen LogP contribution in [0.1, 0.15) is 6.92 Å². The molecule has 0 rings (SSSR count). The van der Waals surface area contributed by atoms with Gasteiger partial charge in [0, 0.05) is 5.37 Å². The van der Waals surface area contributed by atoms with Gasteiger partial charge in [0.1, 0.15) is 0 Å². The van der Waals surface area contributed by atoms with Crippen LogP contribution in [0.3, 0.4) is 0 Å². The van der Waals surface area contributed by atoms with Crippen molar-refractivity contribution in [1.82, 2.24) is 5.32 Å². The van der Waals surface area contributed by atoms with Gasteiger partial charge in [-0.05, 0) is 6.92 Å². The Morgan fingerprint density at radius 3 is 2.33 bits per heavy atom. The Hall–Kier alpha value is 0.460. The molecule has 0 spiro atoms. The van der Waals surface area contributed by atoms with Crippen LogP contribution >= 0.6 is 20.2 Å². The third-order valence-electron chi connectivity index (χ3n) is 0.593. The lowest BCUT2D eigenvalue weighted by Gasteiger charge is -2.07. The van der Waals surface area contributed by atoms with Crippen LogP contribution in [-0.2, 0) is 4.57 Å². The molecule has 9 heavy (non-hydrogen) atoms. The van der Waals surface area contributed by atoms with Crippen LogP contribution in [0.25, 0.3) is 0 Å². The fourth-order valence-electron chi connectivity index (χ4n) is 0.251. The van der Waals surface area contributed by atoms with Crippen molar-refractivity contribution in [2.45, 2.75) is 12.3 Å². The summed E-state index contributed by atoms with van der Waals surface area (Å²) in [7, 11) is -3.88. The molecule has 0 saturated heterocycles. The number of rotatable bonds is 3. The third-order valence-corrected chi connectivity index (χ3v) is 1.37. The predicted molar refractivity (Wildman–Crippen MR) is 38.5 cm³/mol. The summed E-state index contributed by atoms with van der Waals surface area (Å²) < 4.78 is 10.1. The number of hydrogen-bond acceptors (Lipinski definition) is 3. The van der Waals surface area contributed by atoms with Gasteiger partial charge in [-0.1, -0.05) is 0 Å². The van der Waals surface area contributed by atoms with Crippen LogP contribution < -0.4 is 5.32 Å². The molecule has 0 amide bonds. The topological polar surface area (TPSA) is 69.6 Å². The van der Waals surface area contributed by atoms with Crippen molar-refractivity contribution in [3.8, 4) is 0 Å². The summed E-state index contributed by atoms with van der Waals surface area (Å²) in [5.74, 6) is 0. The Morgan fingerprint density at radius 2 is 2.22 bits per heavy atom. The normalized spacial score (nSPS) is 15.6. The van der Waals surface area contributed by atoms with Crippen molar-refractivity contribution in [2.75, 3.05) is 6.29 Å². The lowest BCUT2D eigenvalue weighted by atomic mass is 10.8. The smallest absolute Gasteiger partial charge is 0.324 e. The van der Waals surface area contributed by atoms with E-state index >= 15 is 0 Å². The fourth-order valence-corrected chi connectivity index (χ4v) is 0.998. The zero-order chi connectivity index (χ0) is 7.49. The van der Waals surface area contributed by atoms with Crippen LogP contribution in [0.4, 0.5) is 0 Å². The third kappa shape index (κ3) is 8.46. The zero-order valence-corrected chi connectivity index (χ0v) is 6.77. The zero-order valence-electron chi connectivity index (χ0n) is 4.98. The number of thiol groups is 1. The van der Waals surface area contributed by atoms with E-state index in [1.165, 1.54) is 0 Å². The summed E-state index contributed by atoms with van der Waals surface area (Å²) in [5.41, 5.74) is 0. The largest absolute Gasteiger partial charge is 0.339 e. The first-order valence-electron chi connectivity index (χ1n) is 2.38. The molecule has 0 aromatic heterocycles.